The van der Waals surface area contributed by atoms with E-state index in [1.165, 1.54) is 61.8 Å². The van der Waals surface area contributed by atoms with E-state index in [0.717, 1.165) is 89.4 Å². The average Bonchev–Trinajstić information content (AvgIpc) is 3.05. The highest BCUT2D eigenvalue weighted by Gasteiger charge is 2.51. The highest BCUT2D eigenvalue weighted by atomic mass is 16.5. The summed E-state index contributed by atoms with van der Waals surface area (Å²) in [5.74, 6) is 2.10. The van der Waals surface area contributed by atoms with Gasteiger partial charge in [0, 0.05) is 49.7 Å². The van der Waals surface area contributed by atoms with E-state index >= 15 is 9.59 Å². The number of hydrogen-bond acceptors (Lipinski definition) is 5. The van der Waals surface area contributed by atoms with Crippen LogP contribution in [-0.4, -0.2) is 24.8 Å². The number of benzene rings is 9. The maximum atomic E-state index is 15.8. The van der Waals surface area contributed by atoms with Crippen LogP contribution in [0, 0.1) is 5.92 Å². The monoisotopic (exact) mass is 1090 g/mol. The predicted molar refractivity (Wildman–Crippen MR) is 336 cm³/mol. The number of anilines is 2. The number of carbonyl (C=O) groups is 3. The molecule has 1 atom stereocenters. The van der Waals surface area contributed by atoms with Gasteiger partial charge in [-0.15, -0.1) is 0 Å². The van der Waals surface area contributed by atoms with Gasteiger partial charge in [-0.25, -0.2) is 4.90 Å². The van der Waals surface area contributed by atoms with Crippen molar-refractivity contribution >= 4 is 45.9 Å². The zero-order valence-corrected chi connectivity index (χ0v) is 48.4. The van der Waals surface area contributed by atoms with Crippen molar-refractivity contribution < 1.29 is 23.9 Å². The van der Waals surface area contributed by atoms with E-state index < -0.39 is 16.4 Å². The van der Waals surface area contributed by atoms with Gasteiger partial charge in [-0.3, -0.25) is 14.4 Å². The Kier molecular flexibility index (Phi) is 13.7. The number of methoxy groups -OCH3 is 1. The number of carbonyl (C=O) groups excluding carboxylic acids is 3. The van der Waals surface area contributed by atoms with E-state index in [0.29, 0.717) is 34.0 Å². The number of ether oxygens (including phenoxy) is 2. The molecule has 0 bridgehead atoms. The smallest absolute Gasteiger partial charge is 0.266 e. The normalized spacial score (nSPS) is 18.5. The standard InChI is InChI=1S/C76H70N2O5/c1-7-8-11-18-48-25-27-49(28-26-48)50-29-31-53(32-30-50)71(79)77-57-39-33-51(34-40-57)52-35-41-58(42-36-52)78-72(80)67-64(74(2,3)54-19-12-9-13-20-54)47-63-66(68(67)73(78)81)65-60-23-16-17-24-61(60)70-62(69(65)75(63,4)5)45-46-76(83-70,55-21-14-10-15-22-55)56-37-43-59(82-6)44-38-56/h9-10,12-17,19-24,29-49H,7-8,11,18,25-28H2,1-6H3,(H,77,79). The third kappa shape index (κ3) is 9.07. The molecule has 9 aromatic carbocycles. The Bertz CT molecular complexity index is 4000. The Balaban J connectivity index is 0.831. The molecule has 1 N–H and O–H groups in total. The van der Waals surface area contributed by atoms with Crippen LogP contribution in [0.2, 0.25) is 0 Å². The number of nitrogens with one attached hydrogen (secondary N) is 1. The minimum atomic E-state index is -0.972. The highest BCUT2D eigenvalue weighted by molar-refractivity contribution is 6.37. The van der Waals surface area contributed by atoms with Gasteiger partial charge in [0.15, 0.2) is 5.60 Å². The Morgan fingerprint density at radius 1 is 0.663 bits per heavy atom. The van der Waals surface area contributed by atoms with Crippen LogP contribution in [-0.2, 0) is 16.4 Å². The molecule has 2 aliphatic carbocycles. The van der Waals surface area contributed by atoms with Gasteiger partial charge in [-0.05, 0) is 142 Å². The Morgan fingerprint density at radius 2 is 1.28 bits per heavy atom. The molecule has 9 aromatic rings. The first kappa shape index (κ1) is 53.5. The van der Waals surface area contributed by atoms with E-state index in [9.17, 15) is 4.79 Å². The first-order valence-corrected chi connectivity index (χ1v) is 29.8. The van der Waals surface area contributed by atoms with Crippen LogP contribution in [0.25, 0.3) is 39.1 Å². The van der Waals surface area contributed by atoms with Gasteiger partial charge >= 0.3 is 0 Å². The summed E-state index contributed by atoms with van der Waals surface area (Å²) in [4.78, 5) is 46.3. The van der Waals surface area contributed by atoms with Crippen molar-refractivity contribution in [2.45, 2.75) is 108 Å². The lowest BCUT2D eigenvalue weighted by Gasteiger charge is -2.38. The molecule has 0 saturated heterocycles. The Morgan fingerprint density at radius 3 is 1.94 bits per heavy atom. The van der Waals surface area contributed by atoms with Crippen molar-refractivity contribution in [3.63, 3.8) is 0 Å². The van der Waals surface area contributed by atoms with Crippen molar-refractivity contribution in [2.24, 2.45) is 5.92 Å². The number of amides is 3. The van der Waals surface area contributed by atoms with Crippen LogP contribution >= 0.6 is 0 Å². The maximum absolute atomic E-state index is 15.8. The Hall–Kier alpha value is -8.81. The second-order valence-corrected chi connectivity index (χ2v) is 24.4. The molecule has 414 valence electrons. The van der Waals surface area contributed by atoms with E-state index in [4.69, 9.17) is 9.47 Å². The average molecular weight is 1090 g/mol. The number of hydrogen-bond donors (Lipinski definition) is 1. The van der Waals surface area contributed by atoms with Crippen molar-refractivity contribution in [1.82, 2.24) is 0 Å². The molecule has 4 aliphatic rings. The lowest BCUT2D eigenvalue weighted by atomic mass is 9.71. The van der Waals surface area contributed by atoms with Gasteiger partial charge in [0.2, 0.25) is 0 Å². The topological polar surface area (TPSA) is 84.9 Å². The largest absolute Gasteiger partial charge is 0.497 e. The zero-order chi connectivity index (χ0) is 57.2. The van der Waals surface area contributed by atoms with Gasteiger partial charge in [0.25, 0.3) is 17.7 Å². The first-order chi connectivity index (χ1) is 40.3. The van der Waals surface area contributed by atoms with Gasteiger partial charge in [0.05, 0.1) is 23.9 Å². The lowest BCUT2D eigenvalue weighted by molar-refractivity contribution is 0.0924. The molecule has 13 rings (SSSR count). The number of fused-ring (bicyclic) bond motifs is 10. The first-order valence-electron chi connectivity index (χ1n) is 29.8. The molecule has 1 unspecified atom stereocenters. The van der Waals surface area contributed by atoms with E-state index in [1.54, 1.807) is 7.11 Å². The fourth-order valence-electron chi connectivity index (χ4n) is 14.2. The molecule has 3 amide bonds. The van der Waals surface area contributed by atoms with Crippen LogP contribution in [0.5, 0.6) is 11.5 Å². The third-order valence-corrected chi connectivity index (χ3v) is 18.9. The van der Waals surface area contributed by atoms with E-state index in [1.807, 2.05) is 121 Å². The maximum Gasteiger partial charge on any atom is 0.266 e. The van der Waals surface area contributed by atoms with Crippen molar-refractivity contribution in [1.29, 1.82) is 0 Å². The summed E-state index contributed by atoms with van der Waals surface area (Å²) in [7, 11) is 1.67. The van der Waals surface area contributed by atoms with Crippen LogP contribution in [0.4, 0.5) is 11.4 Å². The molecular weight excluding hydrogens is 1020 g/mol. The molecule has 0 spiro atoms. The number of unbranched alkanes of at least 4 members (excludes halogenated alkanes) is 2. The van der Waals surface area contributed by atoms with Crippen LogP contribution in [0.3, 0.4) is 0 Å². The highest BCUT2D eigenvalue weighted by Crippen LogP contribution is 2.61. The molecule has 2 heterocycles. The summed E-state index contributed by atoms with van der Waals surface area (Å²) >= 11 is 0. The number of nitrogens with zero attached hydrogens (tertiary/aromatic N) is 1. The molecule has 83 heavy (non-hydrogen) atoms. The van der Waals surface area contributed by atoms with Crippen molar-refractivity contribution in [2.75, 3.05) is 17.3 Å². The molecule has 0 radical (unpaired) electrons. The molecule has 7 nitrogen and oxygen atoms in total. The van der Waals surface area contributed by atoms with Crippen molar-refractivity contribution in [3.05, 3.63) is 255 Å². The van der Waals surface area contributed by atoms with Crippen LogP contribution in [0.1, 0.15) is 167 Å². The minimum absolute atomic E-state index is 0.142. The Labute approximate surface area is 488 Å². The summed E-state index contributed by atoms with van der Waals surface area (Å²) in [6.45, 7) is 11.1. The number of rotatable bonds is 14. The van der Waals surface area contributed by atoms with E-state index in [2.05, 4.69) is 119 Å². The predicted octanol–water partition coefficient (Wildman–Crippen LogP) is 18.4. The molecule has 7 heteroatoms. The number of imide groups is 1. The lowest BCUT2D eigenvalue weighted by Crippen LogP contribution is -2.35. The van der Waals surface area contributed by atoms with Crippen LogP contribution < -0.4 is 19.7 Å². The summed E-state index contributed by atoms with van der Waals surface area (Å²) in [5, 5.41) is 4.95. The summed E-state index contributed by atoms with van der Waals surface area (Å²) in [6, 6.07) is 62.9. The summed E-state index contributed by atoms with van der Waals surface area (Å²) < 4.78 is 13.2. The second kappa shape index (κ2) is 21.2. The fourth-order valence-corrected chi connectivity index (χ4v) is 14.2. The molecule has 1 fully saturated rings. The quantitative estimate of drug-likeness (QED) is 0.0866. The molecular formula is C76H70N2O5. The molecule has 0 aromatic heterocycles. The van der Waals surface area contributed by atoms with Gasteiger partial charge in [-0.1, -0.05) is 206 Å². The van der Waals surface area contributed by atoms with Crippen LogP contribution in [0.15, 0.2) is 194 Å². The van der Waals surface area contributed by atoms with Crippen molar-refractivity contribution in [3.8, 4) is 33.8 Å². The molecule has 2 aliphatic heterocycles. The van der Waals surface area contributed by atoms with Gasteiger partial charge < -0.3 is 14.8 Å². The van der Waals surface area contributed by atoms with E-state index in [-0.39, 0.29) is 17.7 Å². The van der Waals surface area contributed by atoms with Gasteiger partial charge in [-0.2, -0.15) is 0 Å². The third-order valence-electron chi connectivity index (χ3n) is 18.9. The second-order valence-electron chi connectivity index (χ2n) is 24.4. The summed E-state index contributed by atoms with van der Waals surface area (Å²) in [5.41, 5.74) is 12.1. The molecule has 1 saturated carbocycles. The SMILES string of the molecule is CCCCCC1CCC(c2ccc(C(=O)Nc3ccc(-c4ccc(N5C(=O)c6c(C(C)(C)c7ccccc7)cc7c(c6C5=O)-c5c(c6c(c8ccccc58)OC(c5ccccc5)(c5ccc(OC)cc5)C=C6)C7(C)C)cc4)cc3)cc2)CC1. The summed E-state index contributed by atoms with van der Waals surface area (Å²) in [6.07, 6.45) is 14.8. The fraction of sp³-hybridized carbons (Fsp3) is 0.250. The van der Waals surface area contributed by atoms with Gasteiger partial charge in [0.1, 0.15) is 11.5 Å². The zero-order valence-electron chi connectivity index (χ0n) is 48.4. The minimum Gasteiger partial charge on any atom is -0.497 e.